The summed E-state index contributed by atoms with van der Waals surface area (Å²) in [5, 5.41) is 13.3. The Morgan fingerprint density at radius 2 is 2.05 bits per heavy atom. The molecule has 0 saturated carbocycles. The number of nitrogens with zero attached hydrogens (tertiary/aromatic N) is 2. The lowest BCUT2D eigenvalue weighted by atomic mass is 10.0. The molecule has 2 N–H and O–H groups in total. The van der Waals surface area contributed by atoms with Crippen molar-refractivity contribution >= 4 is 11.6 Å². The highest BCUT2D eigenvalue weighted by molar-refractivity contribution is 5.93. The molecule has 5 nitrogen and oxygen atoms in total. The van der Waals surface area contributed by atoms with Gasteiger partial charge in [0.2, 0.25) is 0 Å². The summed E-state index contributed by atoms with van der Waals surface area (Å²) in [6, 6.07) is 3.55. The predicted octanol–water partition coefficient (Wildman–Crippen LogP) is 2.53. The Kier molecular flexibility index (Phi) is 6.62. The van der Waals surface area contributed by atoms with E-state index in [1.807, 2.05) is 27.7 Å². The Bertz CT molecular complexity index is 457. The van der Waals surface area contributed by atoms with Crippen molar-refractivity contribution in [3.63, 3.8) is 0 Å². The van der Waals surface area contributed by atoms with Crippen LogP contribution in [0.4, 0.5) is 5.69 Å². The first kappa shape index (κ1) is 17.4. The quantitative estimate of drug-likeness (QED) is 0.773. The van der Waals surface area contributed by atoms with Crippen LogP contribution < -0.4 is 5.32 Å². The van der Waals surface area contributed by atoms with E-state index in [4.69, 9.17) is 0 Å². The SMILES string of the molecule is CCCC(C)(O)CNc1ccnc(C(=O)N(CC)CC)c1. The number of aliphatic hydroxyl groups is 1. The number of rotatable bonds is 8. The lowest BCUT2D eigenvalue weighted by molar-refractivity contribution is 0.0637. The molecular weight excluding hydrogens is 266 g/mol. The molecule has 0 aromatic carbocycles. The monoisotopic (exact) mass is 293 g/mol. The zero-order chi connectivity index (χ0) is 15.9. The zero-order valence-electron chi connectivity index (χ0n) is 13.5. The zero-order valence-corrected chi connectivity index (χ0v) is 13.5. The van der Waals surface area contributed by atoms with E-state index in [0.29, 0.717) is 25.3 Å². The minimum atomic E-state index is -0.749. The van der Waals surface area contributed by atoms with E-state index in [1.165, 1.54) is 0 Å². The van der Waals surface area contributed by atoms with Crippen LogP contribution in [-0.4, -0.2) is 46.1 Å². The van der Waals surface area contributed by atoms with Gasteiger partial charge < -0.3 is 15.3 Å². The summed E-state index contributed by atoms with van der Waals surface area (Å²) in [4.78, 5) is 18.1. The molecule has 1 unspecified atom stereocenters. The van der Waals surface area contributed by atoms with Crippen molar-refractivity contribution in [2.75, 3.05) is 25.0 Å². The maximum atomic E-state index is 12.2. The molecule has 1 atom stereocenters. The third-order valence-corrected chi connectivity index (χ3v) is 3.49. The van der Waals surface area contributed by atoms with E-state index in [-0.39, 0.29) is 5.91 Å². The van der Waals surface area contributed by atoms with Crippen molar-refractivity contribution in [1.29, 1.82) is 0 Å². The smallest absolute Gasteiger partial charge is 0.272 e. The Morgan fingerprint density at radius 1 is 1.38 bits per heavy atom. The Labute approximate surface area is 127 Å². The molecule has 1 rings (SSSR count). The maximum absolute atomic E-state index is 12.2. The van der Waals surface area contributed by atoms with Crippen molar-refractivity contribution in [1.82, 2.24) is 9.88 Å². The van der Waals surface area contributed by atoms with Gasteiger partial charge in [-0.25, -0.2) is 0 Å². The first-order chi connectivity index (χ1) is 9.93. The third kappa shape index (κ3) is 5.34. The van der Waals surface area contributed by atoms with Crippen LogP contribution in [0.15, 0.2) is 18.3 Å². The van der Waals surface area contributed by atoms with E-state index >= 15 is 0 Å². The third-order valence-electron chi connectivity index (χ3n) is 3.49. The van der Waals surface area contributed by atoms with Crippen LogP contribution in [0, 0.1) is 0 Å². The van der Waals surface area contributed by atoms with Crippen LogP contribution in [-0.2, 0) is 0 Å². The normalized spacial score (nSPS) is 13.6. The first-order valence-corrected chi connectivity index (χ1v) is 7.65. The lowest BCUT2D eigenvalue weighted by Crippen LogP contribution is -2.33. The molecular formula is C16H27N3O2. The van der Waals surface area contributed by atoms with Crippen LogP contribution in [0.5, 0.6) is 0 Å². The van der Waals surface area contributed by atoms with E-state index in [2.05, 4.69) is 10.3 Å². The summed E-state index contributed by atoms with van der Waals surface area (Å²) >= 11 is 0. The van der Waals surface area contributed by atoms with Crippen molar-refractivity contribution in [3.8, 4) is 0 Å². The summed E-state index contributed by atoms with van der Waals surface area (Å²) in [5.41, 5.74) is 0.483. The predicted molar refractivity (Wildman–Crippen MR) is 85.5 cm³/mol. The molecule has 0 radical (unpaired) electrons. The molecule has 1 heterocycles. The topological polar surface area (TPSA) is 65.5 Å². The van der Waals surface area contributed by atoms with Crippen LogP contribution >= 0.6 is 0 Å². The largest absolute Gasteiger partial charge is 0.388 e. The van der Waals surface area contributed by atoms with Crippen molar-refractivity contribution < 1.29 is 9.90 Å². The Morgan fingerprint density at radius 3 is 2.62 bits per heavy atom. The molecule has 0 saturated heterocycles. The molecule has 0 aliphatic carbocycles. The van der Waals surface area contributed by atoms with Crippen LogP contribution in [0.1, 0.15) is 51.0 Å². The molecule has 118 valence electrons. The van der Waals surface area contributed by atoms with Gasteiger partial charge in [-0.05, 0) is 39.3 Å². The highest BCUT2D eigenvalue weighted by atomic mass is 16.3. The molecule has 0 aliphatic rings. The average molecular weight is 293 g/mol. The summed E-state index contributed by atoms with van der Waals surface area (Å²) in [7, 11) is 0. The second-order valence-corrected chi connectivity index (χ2v) is 5.51. The van der Waals surface area contributed by atoms with Gasteiger partial charge in [0.05, 0.1) is 5.60 Å². The molecule has 0 aliphatic heterocycles. The van der Waals surface area contributed by atoms with Gasteiger partial charge in [-0.1, -0.05) is 13.3 Å². The molecule has 1 aromatic rings. The highest BCUT2D eigenvalue weighted by Crippen LogP contribution is 2.15. The molecule has 21 heavy (non-hydrogen) atoms. The number of hydrogen-bond donors (Lipinski definition) is 2. The second kappa shape index (κ2) is 7.98. The first-order valence-electron chi connectivity index (χ1n) is 7.65. The van der Waals surface area contributed by atoms with Crippen LogP contribution in [0.3, 0.4) is 0 Å². The van der Waals surface area contributed by atoms with Gasteiger partial charge in [0, 0.05) is 31.5 Å². The minimum Gasteiger partial charge on any atom is -0.388 e. The Balaban J connectivity index is 2.75. The molecule has 5 heteroatoms. The minimum absolute atomic E-state index is 0.0658. The van der Waals surface area contributed by atoms with Gasteiger partial charge >= 0.3 is 0 Å². The lowest BCUT2D eigenvalue weighted by Gasteiger charge is -2.24. The Hall–Kier alpha value is -1.62. The summed E-state index contributed by atoms with van der Waals surface area (Å²) in [5.74, 6) is -0.0658. The van der Waals surface area contributed by atoms with E-state index in [0.717, 1.165) is 18.5 Å². The molecule has 1 aromatic heterocycles. The molecule has 0 fully saturated rings. The number of amides is 1. The number of pyridine rings is 1. The van der Waals surface area contributed by atoms with E-state index in [1.54, 1.807) is 23.2 Å². The van der Waals surface area contributed by atoms with Crippen molar-refractivity contribution in [2.24, 2.45) is 0 Å². The van der Waals surface area contributed by atoms with Crippen LogP contribution in [0.25, 0.3) is 0 Å². The summed E-state index contributed by atoms with van der Waals surface area (Å²) < 4.78 is 0. The average Bonchev–Trinajstić information content (AvgIpc) is 2.47. The van der Waals surface area contributed by atoms with Gasteiger partial charge in [-0.15, -0.1) is 0 Å². The summed E-state index contributed by atoms with van der Waals surface area (Å²) in [6.07, 6.45) is 3.28. The standard InChI is InChI=1S/C16H27N3O2/c1-5-9-16(4,21)12-18-13-8-10-17-14(11-13)15(20)19(6-2)7-3/h8,10-11,21H,5-7,9,12H2,1-4H3,(H,17,18). The fourth-order valence-corrected chi connectivity index (χ4v) is 2.25. The molecule has 0 spiro atoms. The van der Waals surface area contributed by atoms with Crippen LogP contribution in [0.2, 0.25) is 0 Å². The summed E-state index contributed by atoms with van der Waals surface area (Å²) in [6.45, 7) is 9.54. The fourth-order valence-electron chi connectivity index (χ4n) is 2.25. The number of carbonyl (C=O) groups excluding carboxylic acids is 1. The fraction of sp³-hybridized carbons (Fsp3) is 0.625. The van der Waals surface area contributed by atoms with Gasteiger partial charge in [-0.3, -0.25) is 9.78 Å². The maximum Gasteiger partial charge on any atom is 0.272 e. The van der Waals surface area contributed by atoms with E-state index in [9.17, 15) is 9.90 Å². The van der Waals surface area contributed by atoms with Gasteiger partial charge in [0.1, 0.15) is 5.69 Å². The highest BCUT2D eigenvalue weighted by Gasteiger charge is 2.19. The van der Waals surface area contributed by atoms with Crippen molar-refractivity contribution in [3.05, 3.63) is 24.0 Å². The van der Waals surface area contributed by atoms with Crippen molar-refractivity contribution in [2.45, 2.75) is 46.1 Å². The molecule has 0 bridgehead atoms. The number of hydrogen-bond acceptors (Lipinski definition) is 4. The van der Waals surface area contributed by atoms with Gasteiger partial charge in [-0.2, -0.15) is 0 Å². The van der Waals surface area contributed by atoms with Gasteiger partial charge in [0.15, 0.2) is 0 Å². The number of nitrogens with one attached hydrogen (secondary N) is 1. The molecule has 1 amide bonds. The number of carbonyl (C=O) groups is 1. The number of anilines is 1. The second-order valence-electron chi connectivity index (χ2n) is 5.51. The van der Waals surface area contributed by atoms with Gasteiger partial charge in [0.25, 0.3) is 5.91 Å². The van der Waals surface area contributed by atoms with E-state index < -0.39 is 5.60 Å². The number of aromatic nitrogens is 1.